The van der Waals surface area contributed by atoms with Crippen molar-refractivity contribution in [3.05, 3.63) is 35.9 Å². The van der Waals surface area contributed by atoms with Crippen molar-refractivity contribution in [1.82, 2.24) is 5.32 Å². The molecule has 4 atom stereocenters. The van der Waals surface area contributed by atoms with Crippen molar-refractivity contribution in [1.29, 1.82) is 0 Å². The summed E-state index contributed by atoms with van der Waals surface area (Å²) in [6, 6.07) is 5.48. The Morgan fingerprint density at radius 2 is 1.52 bits per heavy atom. The zero-order valence-corrected chi connectivity index (χ0v) is 18.7. The lowest BCUT2D eigenvalue weighted by atomic mass is 9.99. The van der Waals surface area contributed by atoms with Crippen molar-refractivity contribution in [2.75, 3.05) is 11.5 Å². The van der Waals surface area contributed by atoms with Gasteiger partial charge < -0.3 is 32.1 Å². The average Bonchev–Trinajstić information content (AvgIpc) is 2.75. The quantitative estimate of drug-likeness (QED) is 0.180. The Hall–Kier alpha value is -2.96. The highest BCUT2D eigenvalue weighted by atomic mass is 32.2. The molecule has 1 aromatic rings. The Labute approximate surface area is 194 Å². The summed E-state index contributed by atoms with van der Waals surface area (Å²) < 4.78 is 0. The third-order valence-corrected chi connectivity index (χ3v) is 5.95. The molecule has 12 heteroatoms. The summed E-state index contributed by atoms with van der Waals surface area (Å²) in [5.41, 5.74) is 12.0. The van der Waals surface area contributed by atoms with E-state index in [1.807, 2.05) is 6.07 Å². The molecular formula is C21H29N3O8S. The molecule has 0 aliphatic carbocycles. The minimum absolute atomic E-state index is 0.0103. The molecule has 0 fully saturated rings. The van der Waals surface area contributed by atoms with Crippen LogP contribution in [0.25, 0.3) is 0 Å². The van der Waals surface area contributed by atoms with Crippen LogP contribution in [0.5, 0.6) is 0 Å². The lowest BCUT2D eigenvalue weighted by molar-refractivity contribution is -0.144. The van der Waals surface area contributed by atoms with Gasteiger partial charge in [0.15, 0.2) is 0 Å². The average molecular weight is 484 g/mol. The molecule has 0 unspecified atom stereocenters. The van der Waals surface area contributed by atoms with Crippen LogP contribution in [0.3, 0.4) is 0 Å². The number of thioether (sulfide) groups is 1. The van der Waals surface area contributed by atoms with E-state index in [2.05, 4.69) is 5.32 Å². The van der Waals surface area contributed by atoms with Crippen LogP contribution in [0.2, 0.25) is 0 Å². The van der Waals surface area contributed by atoms with Crippen LogP contribution in [-0.2, 0) is 30.4 Å². The second-order valence-corrected chi connectivity index (χ2v) is 8.57. The fourth-order valence-corrected chi connectivity index (χ4v) is 3.88. The van der Waals surface area contributed by atoms with Crippen LogP contribution in [-0.4, -0.2) is 74.5 Å². The van der Waals surface area contributed by atoms with Gasteiger partial charge in [0.25, 0.3) is 0 Å². The first kappa shape index (κ1) is 28.1. The van der Waals surface area contributed by atoms with Crippen molar-refractivity contribution in [3.8, 4) is 0 Å². The molecule has 0 saturated carbocycles. The van der Waals surface area contributed by atoms with Gasteiger partial charge >= 0.3 is 17.9 Å². The molecule has 0 heterocycles. The second kappa shape index (κ2) is 14.2. The van der Waals surface area contributed by atoms with Gasteiger partial charge in [-0.1, -0.05) is 30.3 Å². The van der Waals surface area contributed by atoms with E-state index >= 15 is 0 Å². The Morgan fingerprint density at radius 1 is 0.879 bits per heavy atom. The van der Waals surface area contributed by atoms with Crippen LogP contribution in [0.15, 0.2) is 30.3 Å². The molecule has 1 amide bonds. The molecule has 33 heavy (non-hydrogen) atoms. The number of hydrogen-bond acceptors (Lipinski definition) is 8. The number of carboxylic acid groups (broad SMARTS) is 3. The molecule has 0 radical (unpaired) electrons. The minimum Gasteiger partial charge on any atom is -0.481 e. The minimum atomic E-state index is -1.35. The van der Waals surface area contributed by atoms with Crippen LogP contribution >= 0.6 is 11.8 Å². The van der Waals surface area contributed by atoms with Crippen LogP contribution in [0, 0.1) is 5.92 Å². The standard InChI is InChI=1S/C21H29N3O8S/c22-15(8-12-4-2-1-3-5-12)18(26)24-17(21(31)32)7-6-14(25)9-13(19(27)28)10-33-11-16(23)20(29)30/h1-5,13,15-17H,6-11,22-23H2,(H,24,26)(H,27,28)(H,29,30)(H,31,32)/t13-,15+,16+,17-/m1/s1. The highest BCUT2D eigenvalue weighted by molar-refractivity contribution is 7.99. The smallest absolute Gasteiger partial charge is 0.326 e. The predicted molar refractivity (Wildman–Crippen MR) is 121 cm³/mol. The monoisotopic (exact) mass is 483 g/mol. The summed E-state index contributed by atoms with van der Waals surface area (Å²) in [4.78, 5) is 58.1. The molecule has 1 rings (SSSR count). The fourth-order valence-electron chi connectivity index (χ4n) is 2.81. The SMILES string of the molecule is N[C@@H](CSC[C@@H](CC(=O)CC[C@@H](NC(=O)[C@@H](N)Cc1ccccc1)C(=O)O)C(=O)O)C(=O)O. The van der Waals surface area contributed by atoms with E-state index in [1.54, 1.807) is 24.3 Å². The van der Waals surface area contributed by atoms with E-state index in [0.29, 0.717) is 0 Å². The summed E-state index contributed by atoms with van der Waals surface area (Å²) in [6.45, 7) is 0. The lowest BCUT2D eigenvalue weighted by Gasteiger charge is -2.18. The van der Waals surface area contributed by atoms with Gasteiger partial charge in [0.05, 0.1) is 12.0 Å². The van der Waals surface area contributed by atoms with Crippen molar-refractivity contribution in [2.24, 2.45) is 17.4 Å². The maximum absolute atomic E-state index is 12.3. The number of nitrogens with one attached hydrogen (secondary N) is 1. The highest BCUT2D eigenvalue weighted by Crippen LogP contribution is 2.16. The number of ketones is 1. The lowest BCUT2D eigenvalue weighted by Crippen LogP contribution is -2.49. The van der Waals surface area contributed by atoms with E-state index in [0.717, 1.165) is 17.3 Å². The number of hydrogen-bond donors (Lipinski definition) is 6. The molecule has 0 aliphatic heterocycles. The first-order valence-electron chi connectivity index (χ1n) is 10.1. The predicted octanol–water partition coefficient (Wildman–Crippen LogP) is -0.289. The second-order valence-electron chi connectivity index (χ2n) is 7.49. The van der Waals surface area contributed by atoms with Gasteiger partial charge in [-0.2, -0.15) is 11.8 Å². The molecule has 1 aromatic carbocycles. The molecule has 182 valence electrons. The van der Waals surface area contributed by atoms with Crippen molar-refractivity contribution >= 4 is 41.4 Å². The third-order valence-electron chi connectivity index (χ3n) is 4.72. The van der Waals surface area contributed by atoms with Gasteiger partial charge in [0, 0.05) is 24.3 Å². The van der Waals surface area contributed by atoms with Crippen LogP contribution < -0.4 is 16.8 Å². The maximum atomic E-state index is 12.3. The molecule has 0 aliphatic rings. The zero-order chi connectivity index (χ0) is 25.0. The van der Waals surface area contributed by atoms with E-state index in [4.69, 9.17) is 16.6 Å². The van der Waals surface area contributed by atoms with E-state index in [-0.39, 0.29) is 37.2 Å². The van der Waals surface area contributed by atoms with Gasteiger partial charge in [-0.25, -0.2) is 4.79 Å². The Balaban J connectivity index is 2.54. The summed E-state index contributed by atoms with van der Waals surface area (Å²) in [6.07, 6.45) is -0.616. The number of carboxylic acids is 3. The number of Topliss-reactive ketones (excluding diaryl/α,β-unsaturated/α-hetero) is 1. The van der Waals surface area contributed by atoms with Crippen LogP contribution in [0.4, 0.5) is 0 Å². The van der Waals surface area contributed by atoms with E-state index in [9.17, 15) is 34.2 Å². The highest BCUT2D eigenvalue weighted by Gasteiger charge is 2.26. The van der Waals surface area contributed by atoms with E-state index < -0.39 is 53.6 Å². The number of amides is 1. The van der Waals surface area contributed by atoms with Crippen molar-refractivity contribution in [2.45, 2.75) is 43.8 Å². The Bertz CT molecular complexity index is 836. The molecule has 0 saturated heterocycles. The van der Waals surface area contributed by atoms with Gasteiger partial charge in [-0.3, -0.25) is 19.2 Å². The fraction of sp³-hybridized carbons (Fsp3) is 0.476. The first-order valence-corrected chi connectivity index (χ1v) is 11.3. The third kappa shape index (κ3) is 10.9. The van der Waals surface area contributed by atoms with Crippen molar-refractivity contribution in [3.63, 3.8) is 0 Å². The van der Waals surface area contributed by atoms with Gasteiger partial charge in [-0.05, 0) is 18.4 Å². The summed E-state index contributed by atoms with van der Waals surface area (Å²) in [5, 5.41) is 29.7. The zero-order valence-electron chi connectivity index (χ0n) is 17.9. The molecule has 0 spiro atoms. The summed E-state index contributed by atoms with van der Waals surface area (Å²) in [5.74, 6) is -6.03. The first-order chi connectivity index (χ1) is 15.5. The number of carbonyl (C=O) groups is 5. The number of nitrogens with two attached hydrogens (primary N) is 2. The largest absolute Gasteiger partial charge is 0.481 e. The number of carbonyl (C=O) groups excluding carboxylic acids is 2. The van der Waals surface area contributed by atoms with Crippen LogP contribution in [0.1, 0.15) is 24.8 Å². The van der Waals surface area contributed by atoms with Gasteiger partial charge in [0.1, 0.15) is 17.9 Å². The molecule has 11 nitrogen and oxygen atoms in total. The summed E-state index contributed by atoms with van der Waals surface area (Å²) in [7, 11) is 0. The molecular weight excluding hydrogens is 454 g/mol. The topological polar surface area (TPSA) is 210 Å². The number of rotatable bonds is 16. The van der Waals surface area contributed by atoms with Gasteiger partial charge in [0.2, 0.25) is 5.91 Å². The molecule has 0 aromatic heterocycles. The van der Waals surface area contributed by atoms with E-state index in [1.165, 1.54) is 0 Å². The Morgan fingerprint density at radius 3 is 2.06 bits per heavy atom. The van der Waals surface area contributed by atoms with Crippen molar-refractivity contribution < 1.29 is 39.3 Å². The summed E-state index contributed by atoms with van der Waals surface area (Å²) >= 11 is 1.01. The normalized spacial score (nSPS) is 14.5. The molecule has 0 bridgehead atoms. The van der Waals surface area contributed by atoms with Gasteiger partial charge in [-0.15, -0.1) is 0 Å². The number of benzene rings is 1. The Kier molecular flexibility index (Phi) is 12.1. The molecule has 8 N–H and O–H groups in total. The maximum Gasteiger partial charge on any atom is 0.326 e. The number of aliphatic carboxylic acids is 3.